The average Bonchev–Trinajstić information content (AvgIpc) is 2.17. The maximum atomic E-state index is 11.3. The molecule has 0 spiro atoms. The number of hydrogen-bond acceptors (Lipinski definition) is 3. The lowest BCUT2D eigenvalue weighted by Crippen LogP contribution is -2.29. The molecule has 4 heteroatoms. The number of aliphatic hydroxyl groups excluding tert-OH is 1. The van der Waals surface area contributed by atoms with Gasteiger partial charge in [-0.15, -0.1) is 0 Å². The molecule has 0 saturated heterocycles. The molecule has 0 bridgehead atoms. The van der Waals surface area contributed by atoms with Gasteiger partial charge in [-0.3, -0.25) is 4.79 Å². The highest BCUT2D eigenvalue weighted by Gasteiger charge is 1.98. The molecule has 0 aromatic carbocycles. The predicted molar refractivity (Wildman–Crippen MR) is 55.3 cm³/mol. The molecule has 0 aliphatic rings. The molecule has 0 unspecified atom stereocenters. The second-order valence-corrected chi connectivity index (χ2v) is 3.26. The molecule has 14 heavy (non-hydrogen) atoms. The van der Waals surface area contributed by atoms with Crippen LogP contribution in [0.5, 0.6) is 0 Å². The molecule has 1 rings (SSSR count). The Hall–Kier alpha value is -1.13. The van der Waals surface area contributed by atoms with Gasteiger partial charge in [0.05, 0.1) is 6.61 Å². The van der Waals surface area contributed by atoms with E-state index in [2.05, 4.69) is 0 Å². The van der Waals surface area contributed by atoms with Crippen LogP contribution in [0.2, 0.25) is 0 Å². The summed E-state index contributed by atoms with van der Waals surface area (Å²) in [6, 6.07) is 5.12. The molecule has 1 heterocycles. The molecule has 0 radical (unpaired) electrons. The van der Waals surface area contributed by atoms with Gasteiger partial charge in [-0.2, -0.15) is 0 Å². The minimum Gasteiger partial charge on any atom is -0.395 e. The smallest absolute Gasteiger partial charge is 0.250 e. The van der Waals surface area contributed by atoms with Crippen LogP contribution >= 0.6 is 0 Å². The number of likely N-dealkylation sites (N-methyl/N-ethyl adjacent to an activating group) is 1. The van der Waals surface area contributed by atoms with Gasteiger partial charge in [-0.25, -0.2) is 0 Å². The number of aromatic nitrogens is 1. The monoisotopic (exact) mass is 196 g/mol. The summed E-state index contributed by atoms with van der Waals surface area (Å²) >= 11 is 0. The molecule has 1 N–H and O–H groups in total. The fourth-order valence-electron chi connectivity index (χ4n) is 1.21. The zero-order chi connectivity index (χ0) is 10.4. The second-order valence-electron chi connectivity index (χ2n) is 3.26. The van der Waals surface area contributed by atoms with E-state index in [1.165, 1.54) is 0 Å². The Labute approximate surface area is 83.4 Å². The van der Waals surface area contributed by atoms with Crippen LogP contribution in [0.25, 0.3) is 0 Å². The topological polar surface area (TPSA) is 45.5 Å². The van der Waals surface area contributed by atoms with Crippen molar-refractivity contribution in [2.75, 3.05) is 26.7 Å². The summed E-state index contributed by atoms with van der Waals surface area (Å²) < 4.78 is 1.66. The van der Waals surface area contributed by atoms with Crippen molar-refractivity contribution in [2.45, 2.75) is 6.54 Å². The summed E-state index contributed by atoms with van der Waals surface area (Å²) in [7, 11) is 1.92. The molecule has 0 amide bonds. The van der Waals surface area contributed by atoms with E-state index in [4.69, 9.17) is 5.11 Å². The van der Waals surface area contributed by atoms with Crippen LogP contribution in [-0.2, 0) is 6.54 Å². The number of hydrogen-bond donors (Lipinski definition) is 1. The molecule has 0 fully saturated rings. The van der Waals surface area contributed by atoms with Gasteiger partial charge in [0.25, 0.3) is 5.56 Å². The number of aliphatic hydroxyl groups is 1. The van der Waals surface area contributed by atoms with E-state index in [1.807, 2.05) is 18.0 Å². The lowest BCUT2D eigenvalue weighted by Gasteiger charge is -2.15. The number of nitrogens with zero attached hydrogens (tertiary/aromatic N) is 2. The van der Waals surface area contributed by atoms with E-state index < -0.39 is 0 Å². The van der Waals surface area contributed by atoms with Gasteiger partial charge in [0.2, 0.25) is 0 Å². The minimum absolute atomic E-state index is 0.0184. The molecule has 0 atom stereocenters. The first-order chi connectivity index (χ1) is 6.74. The van der Waals surface area contributed by atoms with E-state index in [0.717, 1.165) is 6.54 Å². The van der Waals surface area contributed by atoms with Gasteiger partial charge in [0.15, 0.2) is 0 Å². The van der Waals surface area contributed by atoms with E-state index >= 15 is 0 Å². The highest BCUT2D eigenvalue weighted by Crippen LogP contribution is 1.86. The van der Waals surface area contributed by atoms with Gasteiger partial charge in [0.1, 0.15) is 0 Å². The van der Waals surface area contributed by atoms with Crippen molar-refractivity contribution in [3.05, 3.63) is 34.7 Å². The van der Waals surface area contributed by atoms with Crippen molar-refractivity contribution >= 4 is 0 Å². The summed E-state index contributed by atoms with van der Waals surface area (Å²) in [5, 5.41) is 8.68. The third kappa shape index (κ3) is 3.32. The molecule has 1 aromatic heterocycles. The highest BCUT2D eigenvalue weighted by atomic mass is 16.3. The average molecular weight is 196 g/mol. The van der Waals surface area contributed by atoms with Crippen LogP contribution in [0.4, 0.5) is 0 Å². The quantitative estimate of drug-likeness (QED) is 0.707. The van der Waals surface area contributed by atoms with Gasteiger partial charge >= 0.3 is 0 Å². The first kappa shape index (κ1) is 10.9. The number of rotatable bonds is 5. The van der Waals surface area contributed by atoms with Crippen molar-refractivity contribution < 1.29 is 5.11 Å². The van der Waals surface area contributed by atoms with Gasteiger partial charge in [-0.1, -0.05) is 6.07 Å². The van der Waals surface area contributed by atoms with Crippen molar-refractivity contribution in [3.63, 3.8) is 0 Å². The maximum absolute atomic E-state index is 11.3. The zero-order valence-corrected chi connectivity index (χ0v) is 8.39. The molecule has 0 saturated carbocycles. The van der Waals surface area contributed by atoms with Crippen molar-refractivity contribution in [1.29, 1.82) is 0 Å². The Balaban J connectivity index is 2.46. The molecule has 4 nitrogen and oxygen atoms in total. The van der Waals surface area contributed by atoms with E-state index in [9.17, 15) is 4.79 Å². The predicted octanol–water partition coefficient (Wildman–Crippen LogP) is -0.228. The summed E-state index contributed by atoms with van der Waals surface area (Å²) in [6.45, 7) is 2.22. The fraction of sp³-hybridized carbons (Fsp3) is 0.500. The minimum atomic E-state index is 0.0184. The van der Waals surface area contributed by atoms with Crippen LogP contribution < -0.4 is 5.56 Å². The first-order valence-corrected chi connectivity index (χ1v) is 4.69. The SMILES string of the molecule is CN(CCO)CCn1ccccc1=O. The van der Waals surface area contributed by atoms with Crippen molar-refractivity contribution in [3.8, 4) is 0 Å². The summed E-state index contributed by atoms with van der Waals surface area (Å²) in [5.74, 6) is 0. The molecule has 1 aromatic rings. The van der Waals surface area contributed by atoms with Crippen LogP contribution in [0.3, 0.4) is 0 Å². The Kier molecular flexibility index (Phi) is 4.35. The van der Waals surface area contributed by atoms with Crippen molar-refractivity contribution in [2.24, 2.45) is 0 Å². The Morgan fingerprint density at radius 2 is 2.21 bits per heavy atom. The van der Waals surface area contributed by atoms with Gasteiger partial charge in [-0.05, 0) is 13.1 Å². The highest BCUT2D eigenvalue weighted by molar-refractivity contribution is 4.93. The van der Waals surface area contributed by atoms with Gasteiger partial charge < -0.3 is 14.6 Å². The number of pyridine rings is 1. The maximum Gasteiger partial charge on any atom is 0.250 e. The lowest BCUT2D eigenvalue weighted by molar-refractivity contribution is 0.217. The van der Waals surface area contributed by atoms with Crippen LogP contribution in [0, 0.1) is 0 Å². The molecular weight excluding hydrogens is 180 g/mol. The largest absolute Gasteiger partial charge is 0.395 e. The van der Waals surface area contributed by atoms with Gasteiger partial charge in [0, 0.05) is 31.9 Å². The second kappa shape index (κ2) is 5.57. The molecule has 78 valence electrons. The summed E-state index contributed by atoms with van der Waals surface area (Å²) in [6.07, 6.45) is 1.77. The van der Waals surface area contributed by atoms with E-state index in [1.54, 1.807) is 22.9 Å². The Bertz CT molecular complexity index is 322. The lowest BCUT2D eigenvalue weighted by atomic mass is 10.4. The van der Waals surface area contributed by atoms with Crippen molar-refractivity contribution in [1.82, 2.24) is 9.47 Å². The Morgan fingerprint density at radius 1 is 1.43 bits per heavy atom. The zero-order valence-electron chi connectivity index (χ0n) is 8.39. The van der Waals surface area contributed by atoms with E-state index in [0.29, 0.717) is 13.1 Å². The Morgan fingerprint density at radius 3 is 2.86 bits per heavy atom. The van der Waals surface area contributed by atoms with Crippen LogP contribution in [0.1, 0.15) is 0 Å². The molecular formula is C10H16N2O2. The third-order valence-corrected chi connectivity index (χ3v) is 2.10. The normalized spacial score (nSPS) is 10.8. The molecule has 0 aliphatic carbocycles. The van der Waals surface area contributed by atoms with E-state index in [-0.39, 0.29) is 12.2 Å². The summed E-state index contributed by atoms with van der Waals surface area (Å²) in [4.78, 5) is 13.3. The standard InChI is InChI=1S/C10H16N2O2/c1-11(8-9-13)6-7-12-5-3-2-4-10(12)14/h2-5,13H,6-9H2,1H3. The molecule has 0 aliphatic heterocycles. The summed E-state index contributed by atoms with van der Waals surface area (Å²) in [5.41, 5.74) is 0.0184. The fourth-order valence-corrected chi connectivity index (χ4v) is 1.21. The first-order valence-electron chi connectivity index (χ1n) is 4.69. The van der Waals surface area contributed by atoms with Crippen LogP contribution in [0.15, 0.2) is 29.2 Å². The van der Waals surface area contributed by atoms with Crippen LogP contribution in [-0.4, -0.2) is 41.3 Å². The third-order valence-electron chi connectivity index (χ3n) is 2.10.